The highest BCUT2D eigenvalue weighted by Crippen LogP contribution is 2.23. The number of fused-ring (bicyclic) bond motifs is 1. The maximum atomic E-state index is 12.9. The molecule has 2 aromatic rings. The molecule has 0 unspecified atom stereocenters. The molecular formula is C17H21N5O2. The first-order valence-electron chi connectivity index (χ1n) is 8.61. The van der Waals surface area contributed by atoms with E-state index in [1.807, 2.05) is 6.07 Å². The number of piperidine rings is 1. The number of aromatic nitrogens is 4. The molecule has 126 valence electrons. The molecule has 1 aliphatic heterocycles. The zero-order valence-electron chi connectivity index (χ0n) is 13.6. The number of pyridine rings is 1. The molecule has 0 spiro atoms. The minimum absolute atomic E-state index is 0.127. The van der Waals surface area contributed by atoms with Crippen molar-refractivity contribution < 1.29 is 4.79 Å². The third-order valence-electron chi connectivity index (χ3n) is 5.06. The Morgan fingerprint density at radius 3 is 2.96 bits per heavy atom. The molecule has 7 heteroatoms. The van der Waals surface area contributed by atoms with Gasteiger partial charge >= 0.3 is 0 Å². The molecule has 2 aromatic heterocycles. The summed E-state index contributed by atoms with van der Waals surface area (Å²) >= 11 is 0. The summed E-state index contributed by atoms with van der Waals surface area (Å²) in [6.07, 6.45) is 9.11. The van der Waals surface area contributed by atoms with Crippen LogP contribution in [0.2, 0.25) is 0 Å². The number of amides is 1. The summed E-state index contributed by atoms with van der Waals surface area (Å²) in [6, 6.07) is 1.94. The van der Waals surface area contributed by atoms with Crippen LogP contribution in [-0.4, -0.2) is 43.6 Å². The van der Waals surface area contributed by atoms with Gasteiger partial charge in [0.15, 0.2) is 0 Å². The van der Waals surface area contributed by atoms with Crippen LogP contribution in [0, 0.1) is 0 Å². The van der Waals surface area contributed by atoms with E-state index in [0.29, 0.717) is 13.1 Å². The van der Waals surface area contributed by atoms with Crippen molar-refractivity contribution in [2.45, 2.75) is 44.6 Å². The Labute approximate surface area is 139 Å². The van der Waals surface area contributed by atoms with E-state index in [1.165, 1.54) is 6.33 Å². The lowest BCUT2D eigenvalue weighted by Gasteiger charge is -2.32. The maximum absolute atomic E-state index is 12.9. The van der Waals surface area contributed by atoms with Crippen LogP contribution >= 0.6 is 0 Å². The number of carbonyl (C=O) groups excluding carboxylic acids is 1. The van der Waals surface area contributed by atoms with Gasteiger partial charge in [0.25, 0.3) is 11.5 Å². The lowest BCUT2D eigenvalue weighted by Crippen LogP contribution is -2.42. The first-order valence-corrected chi connectivity index (χ1v) is 8.61. The molecule has 0 aromatic carbocycles. The lowest BCUT2D eigenvalue weighted by molar-refractivity contribution is 0.0670. The summed E-state index contributed by atoms with van der Waals surface area (Å²) in [4.78, 5) is 33.9. The van der Waals surface area contributed by atoms with Crippen molar-refractivity contribution in [1.82, 2.24) is 24.6 Å². The van der Waals surface area contributed by atoms with Crippen molar-refractivity contribution in [3.63, 3.8) is 0 Å². The molecule has 1 amide bonds. The molecule has 0 radical (unpaired) electrons. The van der Waals surface area contributed by atoms with Gasteiger partial charge in [-0.1, -0.05) is 0 Å². The van der Waals surface area contributed by atoms with Gasteiger partial charge in [0.05, 0.1) is 6.04 Å². The average molecular weight is 327 g/mol. The van der Waals surface area contributed by atoms with Gasteiger partial charge in [-0.15, -0.1) is 0 Å². The van der Waals surface area contributed by atoms with Crippen LogP contribution in [0.5, 0.6) is 0 Å². The van der Waals surface area contributed by atoms with Crippen molar-refractivity contribution >= 4 is 5.91 Å². The third-order valence-corrected chi connectivity index (χ3v) is 5.06. The Morgan fingerprint density at radius 2 is 2.12 bits per heavy atom. The number of nitrogens with one attached hydrogen (secondary N) is 1. The third kappa shape index (κ3) is 2.74. The van der Waals surface area contributed by atoms with Crippen molar-refractivity contribution in [2.24, 2.45) is 0 Å². The quantitative estimate of drug-likeness (QED) is 0.902. The number of aromatic amines is 1. The van der Waals surface area contributed by atoms with Crippen molar-refractivity contribution in [2.75, 3.05) is 13.1 Å². The Balaban J connectivity index is 1.58. The molecule has 1 N–H and O–H groups in total. The van der Waals surface area contributed by atoms with Gasteiger partial charge in [-0.3, -0.25) is 9.59 Å². The van der Waals surface area contributed by atoms with E-state index in [-0.39, 0.29) is 23.1 Å². The first kappa shape index (κ1) is 15.1. The molecular weight excluding hydrogens is 306 g/mol. The predicted octanol–water partition coefficient (Wildman–Crippen LogP) is 1.32. The number of hydrogen-bond donors (Lipinski definition) is 1. The monoisotopic (exact) mass is 327 g/mol. The SMILES string of the molecule is O=C(c1cc2c([nH]c1=O)CCCC2)N1CCC[C@@H](n2cncn2)C1. The summed E-state index contributed by atoms with van der Waals surface area (Å²) in [6.45, 7) is 1.25. The van der Waals surface area contributed by atoms with E-state index in [4.69, 9.17) is 0 Å². The highest BCUT2D eigenvalue weighted by atomic mass is 16.2. The normalized spacial score (nSPS) is 20.7. The number of carbonyl (C=O) groups is 1. The van der Waals surface area contributed by atoms with E-state index in [0.717, 1.165) is 49.8 Å². The molecule has 2 aliphatic rings. The highest BCUT2D eigenvalue weighted by Gasteiger charge is 2.28. The van der Waals surface area contributed by atoms with Crippen LogP contribution in [0.4, 0.5) is 0 Å². The van der Waals surface area contributed by atoms with Gasteiger partial charge in [0.2, 0.25) is 0 Å². The summed E-state index contributed by atoms with van der Waals surface area (Å²) in [5.74, 6) is -0.172. The van der Waals surface area contributed by atoms with Crippen LogP contribution < -0.4 is 5.56 Å². The Hall–Kier alpha value is -2.44. The summed E-state index contributed by atoms with van der Waals surface area (Å²) in [5.41, 5.74) is 2.13. The second-order valence-electron chi connectivity index (χ2n) is 6.65. The van der Waals surface area contributed by atoms with Gasteiger partial charge in [-0.05, 0) is 50.2 Å². The van der Waals surface area contributed by atoms with Crippen LogP contribution in [-0.2, 0) is 12.8 Å². The van der Waals surface area contributed by atoms with Crippen LogP contribution in [0.3, 0.4) is 0 Å². The molecule has 7 nitrogen and oxygen atoms in total. The van der Waals surface area contributed by atoms with E-state index in [1.54, 1.807) is 15.9 Å². The van der Waals surface area contributed by atoms with Crippen LogP contribution in [0.25, 0.3) is 0 Å². The standard InChI is InChI=1S/C17H21N5O2/c23-16-14(8-12-4-1-2-6-15(12)20-16)17(24)21-7-3-5-13(9-21)22-11-18-10-19-22/h8,10-11,13H,1-7,9H2,(H,20,23)/t13-/m1/s1. The number of hydrogen-bond acceptors (Lipinski definition) is 4. The van der Waals surface area contributed by atoms with Crippen molar-refractivity contribution in [3.8, 4) is 0 Å². The van der Waals surface area contributed by atoms with Gasteiger partial charge in [0, 0.05) is 18.8 Å². The minimum atomic E-state index is -0.261. The van der Waals surface area contributed by atoms with Crippen LogP contribution in [0.1, 0.15) is 53.3 Å². The second kappa shape index (κ2) is 6.22. The largest absolute Gasteiger partial charge is 0.336 e. The van der Waals surface area contributed by atoms with E-state index in [2.05, 4.69) is 15.1 Å². The van der Waals surface area contributed by atoms with E-state index in [9.17, 15) is 9.59 Å². The first-order chi connectivity index (χ1) is 11.7. The Bertz CT molecular complexity index is 796. The summed E-state index contributed by atoms with van der Waals surface area (Å²) in [7, 11) is 0. The second-order valence-corrected chi connectivity index (χ2v) is 6.65. The molecule has 0 bridgehead atoms. The molecule has 4 rings (SSSR count). The molecule has 1 saturated heterocycles. The fourth-order valence-electron chi connectivity index (χ4n) is 3.77. The maximum Gasteiger partial charge on any atom is 0.261 e. The van der Waals surface area contributed by atoms with Crippen molar-refractivity contribution in [3.05, 3.63) is 45.9 Å². The fourth-order valence-corrected chi connectivity index (χ4v) is 3.77. The zero-order chi connectivity index (χ0) is 16.5. The smallest absolute Gasteiger partial charge is 0.261 e. The topological polar surface area (TPSA) is 83.9 Å². The Kier molecular flexibility index (Phi) is 3.92. The van der Waals surface area contributed by atoms with Gasteiger partial charge in [-0.2, -0.15) is 5.10 Å². The molecule has 3 heterocycles. The number of likely N-dealkylation sites (tertiary alicyclic amines) is 1. The molecule has 1 aliphatic carbocycles. The van der Waals surface area contributed by atoms with E-state index < -0.39 is 0 Å². The lowest BCUT2D eigenvalue weighted by atomic mass is 9.94. The zero-order valence-corrected chi connectivity index (χ0v) is 13.6. The number of H-pyrrole nitrogens is 1. The number of rotatable bonds is 2. The molecule has 1 fully saturated rings. The molecule has 24 heavy (non-hydrogen) atoms. The van der Waals surface area contributed by atoms with Gasteiger partial charge in [0.1, 0.15) is 18.2 Å². The Morgan fingerprint density at radius 1 is 1.25 bits per heavy atom. The summed E-state index contributed by atoms with van der Waals surface area (Å²) < 4.78 is 1.80. The molecule has 0 saturated carbocycles. The predicted molar refractivity (Wildman–Crippen MR) is 87.9 cm³/mol. The van der Waals surface area contributed by atoms with E-state index >= 15 is 0 Å². The van der Waals surface area contributed by atoms with Crippen LogP contribution in [0.15, 0.2) is 23.5 Å². The molecule has 1 atom stereocenters. The summed E-state index contributed by atoms with van der Waals surface area (Å²) in [5, 5.41) is 4.18. The minimum Gasteiger partial charge on any atom is -0.336 e. The highest BCUT2D eigenvalue weighted by molar-refractivity contribution is 5.94. The number of nitrogens with zero attached hydrogens (tertiary/aromatic N) is 4. The number of aryl methyl sites for hydroxylation is 2. The van der Waals surface area contributed by atoms with Gasteiger partial charge in [-0.25, -0.2) is 9.67 Å². The average Bonchev–Trinajstić information content (AvgIpc) is 3.15. The van der Waals surface area contributed by atoms with Gasteiger partial charge < -0.3 is 9.88 Å². The van der Waals surface area contributed by atoms with Crippen molar-refractivity contribution in [1.29, 1.82) is 0 Å². The fraction of sp³-hybridized carbons (Fsp3) is 0.529.